The number of nitrogens with zero attached hydrogens (tertiary/aromatic N) is 5. The molecule has 0 unspecified atom stereocenters. The van der Waals surface area contributed by atoms with Crippen LogP contribution < -0.4 is 10.9 Å². The predicted molar refractivity (Wildman–Crippen MR) is 111 cm³/mol. The van der Waals surface area contributed by atoms with Crippen molar-refractivity contribution in [1.82, 2.24) is 19.5 Å². The number of hydrogen-bond donors (Lipinski definition) is 1. The largest absolute Gasteiger partial charge is 0.365 e. The molecular formula is C22H18N6O. The molecule has 0 radical (unpaired) electrons. The number of nitriles is 1. The standard InChI is InChI=1S/C22H18N6O/c1-28-14-26-19-12-18(17-4-2-15(3-5-17)6-9-23)27-21(20(19)22(28)29)25-13-16-7-10-24-11-8-16/h2-5,7-8,10-12,14H,6,13H2,1H3,(H,25,27). The molecule has 3 aromatic heterocycles. The number of nitrogens with one attached hydrogen (secondary N) is 1. The minimum Gasteiger partial charge on any atom is -0.365 e. The van der Waals surface area contributed by atoms with E-state index in [0.717, 1.165) is 16.7 Å². The van der Waals surface area contributed by atoms with Crippen molar-refractivity contribution >= 4 is 16.7 Å². The van der Waals surface area contributed by atoms with Crippen LogP contribution in [0.25, 0.3) is 22.2 Å². The van der Waals surface area contributed by atoms with E-state index in [0.29, 0.717) is 35.4 Å². The van der Waals surface area contributed by atoms with Crippen molar-refractivity contribution in [3.8, 4) is 17.3 Å². The molecule has 0 atom stereocenters. The van der Waals surface area contributed by atoms with Crippen LogP contribution in [0, 0.1) is 11.3 Å². The zero-order valence-electron chi connectivity index (χ0n) is 15.8. The Morgan fingerprint density at radius 3 is 2.59 bits per heavy atom. The van der Waals surface area contributed by atoms with E-state index in [1.807, 2.05) is 42.5 Å². The second-order valence-electron chi connectivity index (χ2n) is 6.65. The highest BCUT2D eigenvalue weighted by Gasteiger charge is 2.13. The zero-order chi connectivity index (χ0) is 20.2. The van der Waals surface area contributed by atoms with Gasteiger partial charge < -0.3 is 9.88 Å². The second-order valence-corrected chi connectivity index (χ2v) is 6.65. The van der Waals surface area contributed by atoms with E-state index in [-0.39, 0.29) is 5.56 Å². The third kappa shape index (κ3) is 3.82. The molecule has 4 aromatic rings. The third-order valence-corrected chi connectivity index (χ3v) is 4.65. The molecule has 0 amide bonds. The van der Waals surface area contributed by atoms with Gasteiger partial charge in [0.05, 0.1) is 30.0 Å². The first-order chi connectivity index (χ1) is 14.2. The third-order valence-electron chi connectivity index (χ3n) is 4.65. The Bertz CT molecular complexity index is 1260. The predicted octanol–water partition coefficient (Wildman–Crippen LogP) is 3.07. The molecule has 142 valence electrons. The molecule has 1 N–H and O–H groups in total. The molecule has 0 saturated heterocycles. The van der Waals surface area contributed by atoms with E-state index in [9.17, 15) is 4.79 Å². The minimum absolute atomic E-state index is 0.157. The van der Waals surface area contributed by atoms with Gasteiger partial charge in [0.25, 0.3) is 5.56 Å². The van der Waals surface area contributed by atoms with Gasteiger partial charge >= 0.3 is 0 Å². The van der Waals surface area contributed by atoms with Crippen LogP contribution in [0.2, 0.25) is 0 Å². The lowest BCUT2D eigenvalue weighted by Crippen LogP contribution is -2.19. The summed E-state index contributed by atoms with van der Waals surface area (Å²) >= 11 is 0. The summed E-state index contributed by atoms with van der Waals surface area (Å²) in [4.78, 5) is 25.9. The molecule has 3 heterocycles. The van der Waals surface area contributed by atoms with Crippen molar-refractivity contribution in [2.24, 2.45) is 7.05 Å². The first-order valence-corrected chi connectivity index (χ1v) is 9.11. The molecule has 0 spiro atoms. The maximum atomic E-state index is 12.7. The van der Waals surface area contributed by atoms with Gasteiger partial charge in [0.1, 0.15) is 11.2 Å². The Labute approximate surface area is 167 Å². The molecule has 4 rings (SSSR count). The van der Waals surface area contributed by atoms with Gasteiger partial charge in [-0.1, -0.05) is 24.3 Å². The Kier molecular flexibility index (Phi) is 4.99. The highest BCUT2D eigenvalue weighted by atomic mass is 16.1. The summed E-state index contributed by atoms with van der Waals surface area (Å²) in [5.41, 5.74) is 4.00. The van der Waals surface area contributed by atoms with E-state index < -0.39 is 0 Å². The number of pyridine rings is 2. The molecule has 0 aliphatic heterocycles. The van der Waals surface area contributed by atoms with Crippen molar-refractivity contribution in [2.75, 3.05) is 5.32 Å². The van der Waals surface area contributed by atoms with Crippen LogP contribution in [0.5, 0.6) is 0 Å². The quantitative estimate of drug-likeness (QED) is 0.570. The highest BCUT2D eigenvalue weighted by Crippen LogP contribution is 2.25. The molecular weight excluding hydrogens is 364 g/mol. The van der Waals surface area contributed by atoms with Crippen LogP contribution in [-0.2, 0) is 20.0 Å². The van der Waals surface area contributed by atoms with Crippen LogP contribution in [0.15, 0.2) is 66.0 Å². The number of aromatic nitrogens is 4. The number of hydrogen-bond acceptors (Lipinski definition) is 6. The Balaban J connectivity index is 1.79. The molecule has 1 aromatic carbocycles. The van der Waals surface area contributed by atoms with Crippen molar-refractivity contribution < 1.29 is 0 Å². The number of aryl methyl sites for hydroxylation is 1. The number of fused-ring (bicyclic) bond motifs is 1. The van der Waals surface area contributed by atoms with Crippen LogP contribution in [0.4, 0.5) is 5.82 Å². The van der Waals surface area contributed by atoms with E-state index in [1.54, 1.807) is 19.4 Å². The fourth-order valence-corrected chi connectivity index (χ4v) is 3.07. The van der Waals surface area contributed by atoms with Crippen molar-refractivity contribution in [2.45, 2.75) is 13.0 Å². The monoisotopic (exact) mass is 382 g/mol. The Morgan fingerprint density at radius 2 is 1.86 bits per heavy atom. The molecule has 0 bridgehead atoms. The lowest BCUT2D eigenvalue weighted by molar-refractivity contribution is 0.842. The SMILES string of the molecule is Cn1cnc2cc(-c3ccc(CC#N)cc3)nc(NCc3ccncc3)c2c1=O. The summed E-state index contributed by atoms with van der Waals surface area (Å²) in [7, 11) is 1.67. The highest BCUT2D eigenvalue weighted by molar-refractivity contribution is 5.91. The molecule has 29 heavy (non-hydrogen) atoms. The minimum atomic E-state index is -0.157. The number of anilines is 1. The average Bonchev–Trinajstić information content (AvgIpc) is 2.76. The van der Waals surface area contributed by atoms with Crippen molar-refractivity contribution in [3.05, 3.63) is 82.7 Å². The summed E-state index contributed by atoms with van der Waals surface area (Å²) in [6.07, 6.45) is 5.32. The van der Waals surface area contributed by atoms with E-state index in [4.69, 9.17) is 10.2 Å². The maximum Gasteiger partial charge on any atom is 0.264 e. The summed E-state index contributed by atoms with van der Waals surface area (Å²) < 4.78 is 1.44. The average molecular weight is 382 g/mol. The maximum absolute atomic E-state index is 12.7. The van der Waals surface area contributed by atoms with E-state index in [1.165, 1.54) is 10.9 Å². The summed E-state index contributed by atoms with van der Waals surface area (Å²) in [6, 6.07) is 15.4. The molecule has 0 fully saturated rings. The first-order valence-electron chi connectivity index (χ1n) is 9.11. The zero-order valence-corrected chi connectivity index (χ0v) is 15.8. The fraction of sp³-hybridized carbons (Fsp3) is 0.136. The normalized spacial score (nSPS) is 10.6. The van der Waals surface area contributed by atoms with Gasteiger partial charge in [0, 0.05) is 31.5 Å². The molecule has 0 aliphatic carbocycles. The summed E-state index contributed by atoms with van der Waals surface area (Å²) in [6.45, 7) is 0.507. The topological polar surface area (TPSA) is 96.5 Å². The van der Waals surface area contributed by atoms with Gasteiger partial charge in [-0.05, 0) is 29.3 Å². The van der Waals surface area contributed by atoms with E-state index >= 15 is 0 Å². The fourth-order valence-electron chi connectivity index (χ4n) is 3.07. The van der Waals surface area contributed by atoms with Gasteiger partial charge in [0.2, 0.25) is 0 Å². The van der Waals surface area contributed by atoms with Crippen molar-refractivity contribution in [1.29, 1.82) is 5.26 Å². The lowest BCUT2D eigenvalue weighted by atomic mass is 10.1. The van der Waals surface area contributed by atoms with E-state index in [2.05, 4.69) is 21.4 Å². The van der Waals surface area contributed by atoms with Gasteiger partial charge in [-0.3, -0.25) is 9.78 Å². The summed E-state index contributed by atoms with van der Waals surface area (Å²) in [5, 5.41) is 12.6. The van der Waals surface area contributed by atoms with Gasteiger partial charge in [-0.15, -0.1) is 0 Å². The summed E-state index contributed by atoms with van der Waals surface area (Å²) in [5.74, 6) is 0.490. The Morgan fingerprint density at radius 1 is 1.10 bits per heavy atom. The first kappa shape index (κ1) is 18.3. The van der Waals surface area contributed by atoms with Crippen molar-refractivity contribution in [3.63, 3.8) is 0 Å². The van der Waals surface area contributed by atoms with Gasteiger partial charge in [-0.2, -0.15) is 5.26 Å². The van der Waals surface area contributed by atoms with Crippen LogP contribution >= 0.6 is 0 Å². The van der Waals surface area contributed by atoms with Gasteiger partial charge in [0.15, 0.2) is 0 Å². The lowest BCUT2D eigenvalue weighted by Gasteiger charge is -2.12. The van der Waals surface area contributed by atoms with Gasteiger partial charge in [-0.25, -0.2) is 9.97 Å². The van der Waals surface area contributed by atoms with Crippen LogP contribution in [-0.4, -0.2) is 19.5 Å². The Hall–Kier alpha value is -4.05. The number of rotatable bonds is 5. The second kappa shape index (κ2) is 7.90. The molecule has 7 heteroatoms. The molecule has 7 nitrogen and oxygen atoms in total. The van der Waals surface area contributed by atoms with Crippen LogP contribution in [0.3, 0.4) is 0 Å². The smallest absolute Gasteiger partial charge is 0.264 e. The molecule has 0 saturated carbocycles. The molecule has 0 aliphatic rings. The number of benzene rings is 1. The van der Waals surface area contributed by atoms with Crippen LogP contribution in [0.1, 0.15) is 11.1 Å².